The molecule has 2 rings (SSSR count). The second-order valence-corrected chi connectivity index (χ2v) is 4.09. The number of methoxy groups -OCH3 is 1. The second kappa shape index (κ2) is 5.92. The lowest BCUT2D eigenvalue weighted by Crippen LogP contribution is -2.22. The van der Waals surface area contributed by atoms with Crippen LogP contribution in [0.4, 0.5) is 0 Å². The van der Waals surface area contributed by atoms with Gasteiger partial charge in [-0.1, -0.05) is 0 Å². The Morgan fingerprint density at radius 1 is 1.30 bits per heavy atom. The largest absolute Gasteiger partial charge is 0.508 e. The van der Waals surface area contributed by atoms with Gasteiger partial charge in [-0.25, -0.2) is 4.98 Å². The molecule has 1 aromatic heterocycles. The van der Waals surface area contributed by atoms with Crippen LogP contribution < -0.4 is 10.1 Å². The molecular formula is C14H14N2O4. The number of aromatic hydroxyl groups is 2. The van der Waals surface area contributed by atoms with E-state index in [-0.39, 0.29) is 23.6 Å². The molecule has 0 bridgehead atoms. The van der Waals surface area contributed by atoms with Crippen LogP contribution in [0.2, 0.25) is 0 Å². The zero-order valence-corrected chi connectivity index (χ0v) is 10.8. The van der Waals surface area contributed by atoms with E-state index < -0.39 is 5.91 Å². The summed E-state index contributed by atoms with van der Waals surface area (Å²) in [7, 11) is 1.51. The molecule has 3 N–H and O–H groups in total. The summed E-state index contributed by atoms with van der Waals surface area (Å²) in [5.41, 5.74) is 0.830. The molecule has 0 saturated heterocycles. The van der Waals surface area contributed by atoms with Gasteiger partial charge in [-0.05, 0) is 29.8 Å². The van der Waals surface area contributed by atoms with E-state index in [1.165, 1.54) is 25.3 Å². The Balaban J connectivity index is 2.06. The van der Waals surface area contributed by atoms with Crippen LogP contribution in [0, 0.1) is 0 Å². The van der Waals surface area contributed by atoms with Gasteiger partial charge in [0.25, 0.3) is 5.91 Å². The standard InChI is InChI=1S/C14H14N2O4/c1-20-13-6-9(4-5-15-13)8-16-14(19)11-7-10(17)2-3-12(11)18/h2-7,17-18H,8H2,1H3,(H,16,19). The molecule has 6 nitrogen and oxygen atoms in total. The number of aromatic nitrogens is 1. The summed E-state index contributed by atoms with van der Waals surface area (Å²) in [6.07, 6.45) is 1.58. The lowest BCUT2D eigenvalue weighted by atomic mass is 10.1. The number of phenols is 2. The first-order chi connectivity index (χ1) is 9.60. The zero-order chi connectivity index (χ0) is 14.5. The van der Waals surface area contributed by atoms with E-state index in [0.717, 1.165) is 5.56 Å². The van der Waals surface area contributed by atoms with E-state index >= 15 is 0 Å². The molecule has 0 aliphatic carbocycles. The number of ether oxygens (including phenoxy) is 1. The first-order valence-electron chi connectivity index (χ1n) is 5.89. The van der Waals surface area contributed by atoms with E-state index in [4.69, 9.17) is 4.74 Å². The summed E-state index contributed by atoms with van der Waals surface area (Å²) in [5.74, 6) is -0.294. The average Bonchev–Trinajstić information content (AvgIpc) is 2.47. The van der Waals surface area contributed by atoms with Crippen molar-refractivity contribution in [3.05, 3.63) is 47.7 Å². The Kier molecular flexibility index (Phi) is 4.05. The highest BCUT2D eigenvalue weighted by Crippen LogP contribution is 2.21. The SMILES string of the molecule is COc1cc(CNC(=O)c2cc(O)ccc2O)ccn1. The maximum absolute atomic E-state index is 11.9. The van der Waals surface area contributed by atoms with Crippen LogP contribution in [0.15, 0.2) is 36.5 Å². The molecule has 6 heteroatoms. The molecular weight excluding hydrogens is 260 g/mol. The topological polar surface area (TPSA) is 91.7 Å². The number of pyridine rings is 1. The minimum absolute atomic E-state index is 0.0195. The quantitative estimate of drug-likeness (QED) is 0.734. The number of carbonyl (C=O) groups excluding carboxylic acids is 1. The molecule has 0 saturated carbocycles. The number of carbonyl (C=O) groups is 1. The van der Waals surface area contributed by atoms with Crippen LogP contribution in [0.3, 0.4) is 0 Å². The van der Waals surface area contributed by atoms with Gasteiger partial charge in [0.2, 0.25) is 5.88 Å². The summed E-state index contributed by atoms with van der Waals surface area (Å²) in [6.45, 7) is 0.257. The molecule has 0 unspecified atom stereocenters. The van der Waals surface area contributed by atoms with Gasteiger partial charge >= 0.3 is 0 Å². The van der Waals surface area contributed by atoms with Crippen molar-refractivity contribution in [1.29, 1.82) is 0 Å². The molecule has 0 fully saturated rings. The lowest BCUT2D eigenvalue weighted by molar-refractivity contribution is 0.0947. The number of amides is 1. The van der Waals surface area contributed by atoms with Gasteiger partial charge in [0.15, 0.2) is 0 Å². The fourth-order valence-electron chi connectivity index (χ4n) is 1.66. The van der Waals surface area contributed by atoms with Crippen LogP contribution in [0.25, 0.3) is 0 Å². The van der Waals surface area contributed by atoms with Crippen molar-refractivity contribution in [3.8, 4) is 17.4 Å². The normalized spacial score (nSPS) is 10.1. The Morgan fingerprint density at radius 3 is 2.85 bits per heavy atom. The van der Waals surface area contributed by atoms with Gasteiger partial charge in [-0.2, -0.15) is 0 Å². The second-order valence-electron chi connectivity index (χ2n) is 4.09. The minimum Gasteiger partial charge on any atom is -0.508 e. The number of phenolic OH excluding ortho intramolecular Hbond substituents is 2. The van der Waals surface area contributed by atoms with Gasteiger partial charge in [-0.3, -0.25) is 4.79 Å². The van der Waals surface area contributed by atoms with Gasteiger partial charge in [-0.15, -0.1) is 0 Å². The minimum atomic E-state index is -0.478. The van der Waals surface area contributed by atoms with Gasteiger partial charge in [0.1, 0.15) is 11.5 Å². The maximum atomic E-state index is 11.9. The number of benzene rings is 1. The van der Waals surface area contributed by atoms with Crippen molar-refractivity contribution in [2.75, 3.05) is 7.11 Å². The van der Waals surface area contributed by atoms with Crippen LogP contribution in [-0.4, -0.2) is 28.2 Å². The highest BCUT2D eigenvalue weighted by atomic mass is 16.5. The molecule has 1 aromatic carbocycles. The Bertz CT molecular complexity index is 628. The molecule has 0 aliphatic rings. The molecule has 1 amide bonds. The van der Waals surface area contributed by atoms with E-state index in [9.17, 15) is 15.0 Å². The maximum Gasteiger partial charge on any atom is 0.255 e. The van der Waals surface area contributed by atoms with Crippen LogP contribution in [0.1, 0.15) is 15.9 Å². The van der Waals surface area contributed by atoms with E-state index in [1.54, 1.807) is 18.3 Å². The number of rotatable bonds is 4. The Morgan fingerprint density at radius 2 is 2.10 bits per heavy atom. The Hall–Kier alpha value is -2.76. The van der Waals surface area contributed by atoms with Crippen molar-refractivity contribution in [2.24, 2.45) is 0 Å². The first-order valence-corrected chi connectivity index (χ1v) is 5.89. The molecule has 104 valence electrons. The molecule has 2 aromatic rings. The monoisotopic (exact) mass is 274 g/mol. The third kappa shape index (κ3) is 3.17. The van der Waals surface area contributed by atoms with E-state index in [2.05, 4.69) is 10.3 Å². The fourth-order valence-corrected chi connectivity index (χ4v) is 1.66. The van der Waals surface area contributed by atoms with Gasteiger partial charge < -0.3 is 20.3 Å². The highest BCUT2D eigenvalue weighted by molar-refractivity contribution is 5.97. The first kappa shape index (κ1) is 13.7. The van der Waals surface area contributed by atoms with Crippen molar-refractivity contribution in [3.63, 3.8) is 0 Å². The third-order valence-corrected chi connectivity index (χ3v) is 2.69. The molecule has 0 atom stereocenters. The summed E-state index contributed by atoms with van der Waals surface area (Å²) in [5, 5.41) is 21.5. The van der Waals surface area contributed by atoms with Gasteiger partial charge in [0.05, 0.1) is 12.7 Å². The third-order valence-electron chi connectivity index (χ3n) is 2.69. The molecule has 1 heterocycles. The predicted octanol–water partition coefficient (Wildman–Crippen LogP) is 1.43. The van der Waals surface area contributed by atoms with Crippen molar-refractivity contribution >= 4 is 5.91 Å². The highest BCUT2D eigenvalue weighted by Gasteiger charge is 2.11. The van der Waals surface area contributed by atoms with E-state index in [0.29, 0.717) is 5.88 Å². The Labute approximate surface area is 115 Å². The van der Waals surface area contributed by atoms with Gasteiger partial charge in [0, 0.05) is 18.8 Å². The summed E-state index contributed by atoms with van der Waals surface area (Å²) >= 11 is 0. The van der Waals surface area contributed by atoms with Crippen molar-refractivity contribution in [1.82, 2.24) is 10.3 Å². The zero-order valence-electron chi connectivity index (χ0n) is 10.8. The molecule has 0 spiro atoms. The lowest BCUT2D eigenvalue weighted by Gasteiger charge is -2.08. The number of hydrogen-bond donors (Lipinski definition) is 3. The summed E-state index contributed by atoms with van der Waals surface area (Å²) in [6, 6.07) is 7.21. The number of nitrogens with one attached hydrogen (secondary N) is 1. The van der Waals surface area contributed by atoms with Crippen LogP contribution in [-0.2, 0) is 6.54 Å². The van der Waals surface area contributed by atoms with Crippen LogP contribution in [0.5, 0.6) is 17.4 Å². The van der Waals surface area contributed by atoms with E-state index in [1.807, 2.05) is 0 Å². The van der Waals surface area contributed by atoms with Crippen molar-refractivity contribution < 1.29 is 19.7 Å². The predicted molar refractivity (Wildman–Crippen MR) is 71.7 cm³/mol. The number of nitrogens with zero attached hydrogens (tertiary/aromatic N) is 1. The summed E-state index contributed by atoms with van der Waals surface area (Å²) in [4.78, 5) is 15.9. The summed E-state index contributed by atoms with van der Waals surface area (Å²) < 4.78 is 4.98. The van der Waals surface area contributed by atoms with Crippen LogP contribution >= 0.6 is 0 Å². The average molecular weight is 274 g/mol. The fraction of sp³-hybridized carbons (Fsp3) is 0.143. The molecule has 20 heavy (non-hydrogen) atoms. The van der Waals surface area contributed by atoms with Crippen molar-refractivity contribution in [2.45, 2.75) is 6.54 Å². The molecule has 0 radical (unpaired) electrons. The smallest absolute Gasteiger partial charge is 0.255 e. The number of hydrogen-bond acceptors (Lipinski definition) is 5. The molecule has 0 aliphatic heterocycles.